The standard InChI is InChI=1S/C15H17N5O2S/c1-11-10-23-15(17-11)18-16-9-12-4-5-13(14(8-12)20(21)22)19-6-2-3-7-19/h4-5,8-10H,2-3,6-7H2,1H3,(H,17,18). The molecule has 0 spiro atoms. The van der Waals surface area contributed by atoms with Gasteiger partial charge in [-0.15, -0.1) is 11.3 Å². The number of hydrogen-bond donors (Lipinski definition) is 1. The van der Waals surface area contributed by atoms with Crippen LogP contribution in [0.5, 0.6) is 0 Å². The van der Waals surface area contributed by atoms with Crippen molar-refractivity contribution in [1.82, 2.24) is 4.98 Å². The summed E-state index contributed by atoms with van der Waals surface area (Å²) in [6.45, 7) is 3.66. The minimum Gasteiger partial charge on any atom is -0.366 e. The number of nitro benzene ring substituents is 1. The molecule has 0 unspecified atom stereocenters. The van der Waals surface area contributed by atoms with Gasteiger partial charge in [0.1, 0.15) is 5.69 Å². The Morgan fingerprint density at radius 2 is 2.22 bits per heavy atom. The van der Waals surface area contributed by atoms with E-state index in [9.17, 15) is 10.1 Å². The number of aryl methyl sites for hydroxylation is 1. The van der Waals surface area contributed by atoms with Crippen LogP contribution in [-0.4, -0.2) is 29.2 Å². The number of nitro groups is 1. The van der Waals surface area contributed by atoms with Gasteiger partial charge >= 0.3 is 0 Å². The Morgan fingerprint density at radius 3 is 2.87 bits per heavy atom. The Hall–Kier alpha value is -2.48. The third-order valence-electron chi connectivity index (χ3n) is 3.64. The van der Waals surface area contributed by atoms with Gasteiger partial charge in [0, 0.05) is 30.1 Å². The fraction of sp³-hybridized carbons (Fsp3) is 0.333. The van der Waals surface area contributed by atoms with Crippen molar-refractivity contribution in [2.24, 2.45) is 5.10 Å². The largest absolute Gasteiger partial charge is 0.366 e. The summed E-state index contributed by atoms with van der Waals surface area (Å²) in [6, 6.07) is 5.21. The summed E-state index contributed by atoms with van der Waals surface area (Å²) in [4.78, 5) is 17.3. The molecule has 2 heterocycles. The molecule has 0 amide bonds. The van der Waals surface area contributed by atoms with Crippen molar-refractivity contribution >= 4 is 34.1 Å². The van der Waals surface area contributed by atoms with Gasteiger partial charge in [0.25, 0.3) is 5.69 Å². The number of aromatic nitrogens is 1. The molecule has 1 aliphatic heterocycles. The second-order valence-electron chi connectivity index (χ2n) is 5.36. The van der Waals surface area contributed by atoms with E-state index in [0.717, 1.165) is 31.6 Å². The lowest BCUT2D eigenvalue weighted by Gasteiger charge is -2.17. The van der Waals surface area contributed by atoms with Gasteiger partial charge in [-0.3, -0.25) is 15.5 Å². The third-order valence-corrected chi connectivity index (χ3v) is 4.50. The average Bonchev–Trinajstić information content (AvgIpc) is 3.19. The Labute approximate surface area is 137 Å². The second kappa shape index (κ2) is 6.74. The van der Waals surface area contributed by atoms with E-state index in [2.05, 4.69) is 20.4 Å². The van der Waals surface area contributed by atoms with Gasteiger partial charge < -0.3 is 4.90 Å². The average molecular weight is 331 g/mol. The Balaban J connectivity index is 1.77. The number of anilines is 2. The van der Waals surface area contributed by atoms with Gasteiger partial charge in [-0.1, -0.05) is 6.07 Å². The van der Waals surface area contributed by atoms with Crippen LogP contribution in [0.15, 0.2) is 28.7 Å². The predicted molar refractivity (Wildman–Crippen MR) is 92.6 cm³/mol. The summed E-state index contributed by atoms with van der Waals surface area (Å²) < 4.78 is 0. The summed E-state index contributed by atoms with van der Waals surface area (Å²) in [5.41, 5.74) is 5.25. The van der Waals surface area contributed by atoms with Gasteiger partial charge in [-0.05, 0) is 25.8 Å². The van der Waals surface area contributed by atoms with Crippen molar-refractivity contribution in [1.29, 1.82) is 0 Å². The third kappa shape index (κ3) is 3.65. The first-order valence-electron chi connectivity index (χ1n) is 7.38. The van der Waals surface area contributed by atoms with Gasteiger partial charge in [0.2, 0.25) is 5.13 Å². The maximum Gasteiger partial charge on any atom is 0.293 e. The minimum absolute atomic E-state index is 0.126. The highest BCUT2D eigenvalue weighted by Crippen LogP contribution is 2.31. The molecule has 0 bridgehead atoms. The minimum atomic E-state index is -0.331. The van der Waals surface area contributed by atoms with Crippen LogP contribution in [0.1, 0.15) is 24.1 Å². The number of hydrazone groups is 1. The summed E-state index contributed by atoms with van der Waals surface area (Å²) in [5.74, 6) is 0. The molecule has 0 aliphatic carbocycles. The quantitative estimate of drug-likeness (QED) is 0.516. The van der Waals surface area contributed by atoms with Crippen LogP contribution in [0.4, 0.5) is 16.5 Å². The lowest BCUT2D eigenvalue weighted by molar-refractivity contribution is -0.384. The van der Waals surface area contributed by atoms with Crippen molar-refractivity contribution in [3.8, 4) is 0 Å². The molecule has 1 aromatic carbocycles. The van der Waals surface area contributed by atoms with Gasteiger partial charge in [-0.25, -0.2) is 4.98 Å². The summed E-state index contributed by atoms with van der Waals surface area (Å²) >= 11 is 1.46. The molecule has 8 heteroatoms. The molecular formula is C15H17N5O2S. The zero-order valence-electron chi connectivity index (χ0n) is 12.7. The van der Waals surface area contributed by atoms with Gasteiger partial charge in [0.15, 0.2) is 0 Å². The molecule has 1 fully saturated rings. The smallest absolute Gasteiger partial charge is 0.293 e. The fourth-order valence-corrected chi connectivity index (χ4v) is 3.20. The Morgan fingerprint density at radius 1 is 1.43 bits per heavy atom. The Bertz CT molecular complexity index is 737. The Kier molecular flexibility index (Phi) is 4.52. The molecule has 120 valence electrons. The normalized spacial score (nSPS) is 14.6. The molecule has 1 N–H and O–H groups in total. The van der Waals surface area contributed by atoms with E-state index in [1.807, 2.05) is 18.4 Å². The lowest BCUT2D eigenvalue weighted by Crippen LogP contribution is -2.18. The maximum atomic E-state index is 11.3. The van der Waals surface area contributed by atoms with Crippen LogP contribution in [0.3, 0.4) is 0 Å². The van der Waals surface area contributed by atoms with Crippen molar-refractivity contribution in [2.45, 2.75) is 19.8 Å². The molecule has 1 aliphatic rings. The van der Waals surface area contributed by atoms with Crippen LogP contribution in [0.2, 0.25) is 0 Å². The van der Waals surface area contributed by atoms with Crippen LogP contribution in [0.25, 0.3) is 0 Å². The number of thiazole rings is 1. The lowest BCUT2D eigenvalue weighted by atomic mass is 10.1. The summed E-state index contributed by atoms with van der Waals surface area (Å²) in [5, 5.41) is 18.0. The highest BCUT2D eigenvalue weighted by Gasteiger charge is 2.22. The van der Waals surface area contributed by atoms with Gasteiger partial charge in [-0.2, -0.15) is 5.10 Å². The van der Waals surface area contributed by atoms with E-state index in [1.165, 1.54) is 11.3 Å². The highest BCUT2D eigenvalue weighted by molar-refractivity contribution is 7.13. The van der Waals surface area contributed by atoms with Crippen LogP contribution < -0.4 is 10.3 Å². The van der Waals surface area contributed by atoms with Crippen molar-refractivity contribution in [2.75, 3.05) is 23.4 Å². The number of rotatable bonds is 5. The number of nitrogens with one attached hydrogen (secondary N) is 1. The molecule has 1 aromatic heterocycles. The van der Waals surface area contributed by atoms with E-state index in [0.29, 0.717) is 16.4 Å². The van der Waals surface area contributed by atoms with Crippen LogP contribution >= 0.6 is 11.3 Å². The maximum absolute atomic E-state index is 11.3. The number of nitrogens with zero attached hydrogens (tertiary/aromatic N) is 4. The van der Waals surface area contributed by atoms with Crippen LogP contribution in [-0.2, 0) is 0 Å². The van der Waals surface area contributed by atoms with E-state index in [-0.39, 0.29) is 10.6 Å². The number of benzene rings is 1. The fourth-order valence-electron chi connectivity index (χ4n) is 2.56. The monoisotopic (exact) mass is 331 g/mol. The van der Waals surface area contributed by atoms with Crippen LogP contribution in [0, 0.1) is 17.0 Å². The van der Waals surface area contributed by atoms with Crippen molar-refractivity contribution in [3.63, 3.8) is 0 Å². The summed E-state index contributed by atoms with van der Waals surface area (Å²) in [7, 11) is 0. The second-order valence-corrected chi connectivity index (χ2v) is 6.22. The van der Waals surface area contributed by atoms with Crippen molar-refractivity contribution < 1.29 is 4.92 Å². The SMILES string of the molecule is Cc1csc(NN=Cc2ccc(N3CCCC3)c([N+](=O)[O-])c2)n1. The molecule has 3 rings (SSSR count). The van der Waals surface area contributed by atoms with E-state index >= 15 is 0 Å². The van der Waals surface area contributed by atoms with Crippen molar-refractivity contribution in [3.05, 3.63) is 45.0 Å². The van der Waals surface area contributed by atoms with E-state index < -0.39 is 0 Å². The molecule has 1 saturated heterocycles. The summed E-state index contributed by atoms with van der Waals surface area (Å²) in [6.07, 6.45) is 3.73. The predicted octanol–water partition coefficient (Wildman–Crippen LogP) is 3.41. The molecule has 0 atom stereocenters. The molecule has 23 heavy (non-hydrogen) atoms. The number of hydrogen-bond acceptors (Lipinski definition) is 7. The zero-order chi connectivity index (χ0) is 16.2. The molecule has 2 aromatic rings. The first-order chi connectivity index (χ1) is 11.1. The molecular weight excluding hydrogens is 314 g/mol. The first kappa shape index (κ1) is 15.4. The highest BCUT2D eigenvalue weighted by atomic mass is 32.1. The van der Waals surface area contributed by atoms with Gasteiger partial charge in [0.05, 0.1) is 16.8 Å². The van der Waals surface area contributed by atoms with E-state index in [1.54, 1.807) is 18.3 Å². The first-order valence-corrected chi connectivity index (χ1v) is 8.26. The molecule has 0 saturated carbocycles. The zero-order valence-corrected chi connectivity index (χ0v) is 13.5. The molecule has 7 nitrogen and oxygen atoms in total. The molecule has 0 radical (unpaired) electrons. The van der Waals surface area contributed by atoms with E-state index in [4.69, 9.17) is 0 Å². The topological polar surface area (TPSA) is 83.7 Å².